The molecule has 82 valence electrons. The first-order valence-corrected chi connectivity index (χ1v) is 5.59. The Kier molecular flexibility index (Phi) is 3.00. The van der Waals surface area contributed by atoms with Crippen LogP contribution >= 0.6 is 11.6 Å². The standard InChI is InChI=1S/C11H14ClNO2/c1-8-4-5-13(7-9(8)12)11(14)10-3-2-6-15-10/h2-3,6,8-9H,4-5,7H2,1H3. The Morgan fingerprint density at radius 2 is 2.47 bits per heavy atom. The normalized spacial score (nSPS) is 26.7. The van der Waals surface area contributed by atoms with Crippen LogP contribution in [-0.4, -0.2) is 29.3 Å². The monoisotopic (exact) mass is 227 g/mol. The summed E-state index contributed by atoms with van der Waals surface area (Å²) < 4.78 is 5.08. The van der Waals surface area contributed by atoms with Crippen molar-refractivity contribution in [1.82, 2.24) is 4.90 Å². The molecule has 0 bridgehead atoms. The average Bonchev–Trinajstić information content (AvgIpc) is 2.74. The van der Waals surface area contributed by atoms with Crippen molar-refractivity contribution in [2.75, 3.05) is 13.1 Å². The van der Waals surface area contributed by atoms with Gasteiger partial charge in [0.2, 0.25) is 0 Å². The largest absolute Gasteiger partial charge is 0.459 e. The Bertz CT molecular complexity index is 336. The van der Waals surface area contributed by atoms with Crippen LogP contribution in [0.15, 0.2) is 22.8 Å². The lowest BCUT2D eigenvalue weighted by Crippen LogP contribution is -2.43. The molecule has 0 aromatic carbocycles. The summed E-state index contributed by atoms with van der Waals surface area (Å²) in [5.74, 6) is 0.818. The van der Waals surface area contributed by atoms with Crippen LogP contribution in [0.3, 0.4) is 0 Å². The third kappa shape index (κ3) is 2.17. The van der Waals surface area contributed by atoms with E-state index in [9.17, 15) is 4.79 Å². The molecular weight excluding hydrogens is 214 g/mol. The third-order valence-corrected chi connectivity index (χ3v) is 3.45. The predicted molar refractivity (Wildman–Crippen MR) is 58.0 cm³/mol. The maximum atomic E-state index is 11.9. The third-order valence-electron chi connectivity index (χ3n) is 2.89. The molecule has 0 N–H and O–H groups in total. The number of rotatable bonds is 1. The zero-order valence-corrected chi connectivity index (χ0v) is 9.41. The van der Waals surface area contributed by atoms with Crippen molar-refractivity contribution in [1.29, 1.82) is 0 Å². The molecule has 1 fully saturated rings. The molecule has 0 radical (unpaired) electrons. The van der Waals surface area contributed by atoms with Crippen LogP contribution in [0.1, 0.15) is 23.9 Å². The van der Waals surface area contributed by atoms with E-state index in [1.807, 2.05) is 0 Å². The second kappa shape index (κ2) is 4.27. The maximum Gasteiger partial charge on any atom is 0.289 e. The Hall–Kier alpha value is -0.960. The lowest BCUT2D eigenvalue weighted by molar-refractivity contribution is 0.0669. The van der Waals surface area contributed by atoms with Crippen LogP contribution in [-0.2, 0) is 0 Å². The van der Waals surface area contributed by atoms with Crippen LogP contribution in [0.25, 0.3) is 0 Å². The van der Waals surface area contributed by atoms with Gasteiger partial charge in [0, 0.05) is 13.1 Å². The molecule has 0 saturated carbocycles. The highest BCUT2D eigenvalue weighted by molar-refractivity contribution is 6.21. The number of hydrogen-bond acceptors (Lipinski definition) is 2. The van der Waals surface area contributed by atoms with Gasteiger partial charge in [0.1, 0.15) is 0 Å². The lowest BCUT2D eigenvalue weighted by Gasteiger charge is -2.33. The van der Waals surface area contributed by atoms with Crippen molar-refractivity contribution >= 4 is 17.5 Å². The molecule has 0 spiro atoms. The van der Waals surface area contributed by atoms with Gasteiger partial charge in [0.15, 0.2) is 5.76 Å². The summed E-state index contributed by atoms with van der Waals surface area (Å²) in [6.45, 7) is 3.50. The highest BCUT2D eigenvalue weighted by atomic mass is 35.5. The number of nitrogens with zero attached hydrogens (tertiary/aromatic N) is 1. The summed E-state index contributed by atoms with van der Waals surface area (Å²) in [4.78, 5) is 13.6. The average molecular weight is 228 g/mol. The van der Waals surface area contributed by atoms with E-state index >= 15 is 0 Å². The van der Waals surface area contributed by atoms with Crippen LogP contribution in [0.5, 0.6) is 0 Å². The molecule has 2 heterocycles. The van der Waals surface area contributed by atoms with Gasteiger partial charge in [-0.25, -0.2) is 0 Å². The minimum Gasteiger partial charge on any atom is -0.459 e. The summed E-state index contributed by atoms with van der Waals surface area (Å²) in [6.07, 6.45) is 2.47. The predicted octanol–water partition coefficient (Wildman–Crippen LogP) is 2.37. The fraction of sp³-hybridized carbons (Fsp3) is 0.545. The topological polar surface area (TPSA) is 33.5 Å². The number of carbonyl (C=O) groups excluding carboxylic acids is 1. The first kappa shape index (κ1) is 10.6. The number of piperidine rings is 1. The minimum atomic E-state index is -0.0578. The van der Waals surface area contributed by atoms with E-state index in [0.29, 0.717) is 18.2 Å². The van der Waals surface area contributed by atoms with Gasteiger partial charge >= 0.3 is 0 Å². The first-order valence-electron chi connectivity index (χ1n) is 5.15. The van der Waals surface area contributed by atoms with Gasteiger partial charge in [-0.15, -0.1) is 11.6 Å². The summed E-state index contributed by atoms with van der Waals surface area (Å²) in [5.41, 5.74) is 0. The Morgan fingerprint density at radius 1 is 1.67 bits per heavy atom. The van der Waals surface area contributed by atoms with Crippen molar-refractivity contribution in [2.24, 2.45) is 5.92 Å². The molecule has 2 rings (SSSR count). The van der Waals surface area contributed by atoms with Crippen molar-refractivity contribution in [3.63, 3.8) is 0 Å². The van der Waals surface area contributed by atoms with Gasteiger partial charge in [0.05, 0.1) is 11.6 Å². The highest BCUT2D eigenvalue weighted by Gasteiger charge is 2.28. The van der Waals surface area contributed by atoms with Gasteiger partial charge in [-0.05, 0) is 24.5 Å². The van der Waals surface area contributed by atoms with E-state index in [2.05, 4.69) is 6.92 Å². The van der Waals surface area contributed by atoms with E-state index in [4.69, 9.17) is 16.0 Å². The lowest BCUT2D eigenvalue weighted by atomic mass is 9.98. The van der Waals surface area contributed by atoms with E-state index < -0.39 is 0 Å². The fourth-order valence-corrected chi connectivity index (χ4v) is 2.06. The van der Waals surface area contributed by atoms with Crippen molar-refractivity contribution in [3.8, 4) is 0 Å². The van der Waals surface area contributed by atoms with Gasteiger partial charge < -0.3 is 9.32 Å². The molecule has 2 atom stereocenters. The molecule has 1 amide bonds. The first-order chi connectivity index (χ1) is 7.18. The molecule has 1 aliphatic heterocycles. The second-order valence-corrected chi connectivity index (χ2v) is 4.57. The number of halogens is 1. The van der Waals surface area contributed by atoms with Gasteiger partial charge in [-0.3, -0.25) is 4.79 Å². The molecular formula is C11H14ClNO2. The SMILES string of the molecule is CC1CCN(C(=O)c2ccco2)CC1Cl. The van der Waals surface area contributed by atoms with Crippen molar-refractivity contribution in [2.45, 2.75) is 18.7 Å². The van der Waals surface area contributed by atoms with Crippen LogP contribution in [0.2, 0.25) is 0 Å². The van der Waals surface area contributed by atoms with Crippen LogP contribution in [0.4, 0.5) is 0 Å². The van der Waals surface area contributed by atoms with Crippen LogP contribution in [0, 0.1) is 5.92 Å². The molecule has 1 aromatic rings. The summed E-state index contributed by atoms with van der Waals surface area (Å²) >= 11 is 6.14. The van der Waals surface area contributed by atoms with Crippen molar-refractivity contribution in [3.05, 3.63) is 24.2 Å². The Balaban J connectivity index is 2.03. The highest BCUT2D eigenvalue weighted by Crippen LogP contribution is 2.23. The maximum absolute atomic E-state index is 11.9. The molecule has 3 nitrogen and oxygen atoms in total. The molecule has 1 aliphatic rings. The molecule has 1 aromatic heterocycles. The van der Waals surface area contributed by atoms with Crippen LogP contribution < -0.4 is 0 Å². The minimum absolute atomic E-state index is 0.0534. The van der Waals surface area contributed by atoms with E-state index in [1.54, 1.807) is 17.0 Å². The Morgan fingerprint density at radius 3 is 3.07 bits per heavy atom. The number of likely N-dealkylation sites (tertiary alicyclic amines) is 1. The molecule has 2 unspecified atom stereocenters. The number of hydrogen-bond donors (Lipinski definition) is 0. The van der Waals surface area contributed by atoms with E-state index in [1.165, 1.54) is 6.26 Å². The van der Waals surface area contributed by atoms with Crippen molar-refractivity contribution < 1.29 is 9.21 Å². The van der Waals surface area contributed by atoms with Gasteiger partial charge in [-0.1, -0.05) is 6.92 Å². The number of amides is 1. The number of carbonyl (C=O) groups is 1. The quantitative estimate of drug-likeness (QED) is 0.691. The van der Waals surface area contributed by atoms with E-state index in [-0.39, 0.29) is 11.3 Å². The fourth-order valence-electron chi connectivity index (χ4n) is 1.76. The molecule has 1 saturated heterocycles. The van der Waals surface area contributed by atoms with Gasteiger partial charge in [0.25, 0.3) is 5.91 Å². The number of alkyl halides is 1. The summed E-state index contributed by atoms with van der Waals surface area (Å²) in [5, 5.41) is 0.0534. The smallest absolute Gasteiger partial charge is 0.289 e. The summed E-state index contributed by atoms with van der Waals surface area (Å²) in [7, 11) is 0. The summed E-state index contributed by atoms with van der Waals surface area (Å²) in [6, 6.07) is 3.40. The van der Waals surface area contributed by atoms with E-state index in [0.717, 1.165) is 13.0 Å². The zero-order chi connectivity index (χ0) is 10.8. The van der Waals surface area contributed by atoms with Gasteiger partial charge in [-0.2, -0.15) is 0 Å². The second-order valence-electron chi connectivity index (χ2n) is 4.01. The zero-order valence-electron chi connectivity index (χ0n) is 8.65. The molecule has 15 heavy (non-hydrogen) atoms. The number of furan rings is 1. The Labute approximate surface area is 94.0 Å². The molecule has 4 heteroatoms. The molecule has 0 aliphatic carbocycles.